The Bertz CT molecular complexity index is 925. The molecule has 2 heterocycles. The summed E-state index contributed by atoms with van der Waals surface area (Å²) in [5.74, 6) is -0.0249. The van der Waals surface area contributed by atoms with Crippen LogP contribution >= 0.6 is 51.0 Å². The predicted octanol–water partition coefficient (Wildman–Crippen LogP) is 4.76. The van der Waals surface area contributed by atoms with Crippen LogP contribution in [0.1, 0.15) is 20.4 Å². The molecule has 0 aliphatic rings. The van der Waals surface area contributed by atoms with Gasteiger partial charge in [-0.25, -0.2) is 9.97 Å². The van der Waals surface area contributed by atoms with E-state index in [2.05, 4.69) is 30.8 Å². The molecule has 3 rings (SSSR count). The molecular formula is C17H20BrClN4OS2. The van der Waals surface area contributed by atoms with E-state index in [9.17, 15) is 4.79 Å². The second-order valence-electron chi connectivity index (χ2n) is 6.02. The normalized spacial score (nSPS) is 11.0. The van der Waals surface area contributed by atoms with E-state index in [1.54, 1.807) is 4.90 Å². The summed E-state index contributed by atoms with van der Waals surface area (Å²) in [5.41, 5.74) is 1.69. The first-order valence-electron chi connectivity index (χ1n) is 7.82. The molecule has 0 aliphatic carbocycles. The molecule has 0 aliphatic heterocycles. The fourth-order valence-electron chi connectivity index (χ4n) is 2.44. The number of halogens is 2. The van der Waals surface area contributed by atoms with Crippen LogP contribution in [0.3, 0.4) is 0 Å². The first-order valence-corrected chi connectivity index (χ1v) is 10.2. The van der Waals surface area contributed by atoms with Crippen LogP contribution in [0.4, 0.5) is 5.13 Å². The molecule has 0 bridgehead atoms. The van der Waals surface area contributed by atoms with Crippen molar-refractivity contribution in [1.29, 1.82) is 0 Å². The van der Waals surface area contributed by atoms with Gasteiger partial charge in [0.05, 0.1) is 20.9 Å². The number of aromatic nitrogens is 2. The highest BCUT2D eigenvalue weighted by molar-refractivity contribution is 9.10. The first-order chi connectivity index (χ1) is 11.8. The van der Waals surface area contributed by atoms with Crippen molar-refractivity contribution in [3.05, 3.63) is 38.3 Å². The van der Waals surface area contributed by atoms with Crippen molar-refractivity contribution in [2.24, 2.45) is 0 Å². The summed E-state index contributed by atoms with van der Waals surface area (Å²) in [6.45, 7) is 5.16. The number of thiazole rings is 2. The molecule has 3 aromatic rings. The summed E-state index contributed by atoms with van der Waals surface area (Å²) in [6.07, 6.45) is 0. The Labute approximate surface area is 175 Å². The molecule has 140 valence electrons. The van der Waals surface area contributed by atoms with Gasteiger partial charge in [0.1, 0.15) is 4.88 Å². The van der Waals surface area contributed by atoms with Crippen molar-refractivity contribution in [1.82, 2.24) is 14.9 Å². The van der Waals surface area contributed by atoms with E-state index in [-0.39, 0.29) is 18.3 Å². The van der Waals surface area contributed by atoms with Gasteiger partial charge in [-0.05, 0) is 46.1 Å². The topological polar surface area (TPSA) is 49.3 Å². The van der Waals surface area contributed by atoms with Gasteiger partial charge >= 0.3 is 0 Å². The van der Waals surface area contributed by atoms with Gasteiger partial charge in [-0.15, -0.1) is 23.7 Å². The lowest BCUT2D eigenvalue weighted by Crippen LogP contribution is -2.36. The van der Waals surface area contributed by atoms with Gasteiger partial charge in [0.15, 0.2) is 5.13 Å². The number of amides is 1. The number of nitrogens with zero attached hydrogens (tertiary/aromatic N) is 4. The van der Waals surface area contributed by atoms with E-state index in [4.69, 9.17) is 0 Å². The van der Waals surface area contributed by atoms with Gasteiger partial charge in [-0.1, -0.05) is 27.3 Å². The fourth-order valence-corrected chi connectivity index (χ4v) is 4.85. The summed E-state index contributed by atoms with van der Waals surface area (Å²) in [4.78, 5) is 26.8. The summed E-state index contributed by atoms with van der Waals surface area (Å²) in [7, 11) is 4.00. The Morgan fingerprint density at radius 3 is 2.50 bits per heavy atom. The maximum Gasteiger partial charge on any atom is 0.272 e. The van der Waals surface area contributed by atoms with Crippen LogP contribution in [0.2, 0.25) is 0 Å². The molecule has 0 spiro atoms. The number of carbonyl (C=O) groups excluding carboxylic acids is 1. The second-order valence-corrected chi connectivity index (χ2v) is 9.14. The number of likely N-dealkylation sites (N-methyl/N-ethyl adjacent to an activating group) is 1. The van der Waals surface area contributed by atoms with Crippen LogP contribution in [-0.2, 0) is 0 Å². The third-order valence-electron chi connectivity index (χ3n) is 3.68. The molecule has 0 atom stereocenters. The molecule has 0 saturated carbocycles. The lowest BCUT2D eigenvalue weighted by atomic mass is 10.3. The third-order valence-corrected chi connectivity index (χ3v) is 6.28. The Morgan fingerprint density at radius 1 is 1.15 bits per heavy atom. The Hall–Kier alpha value is -1.06. The predicted molar refractivity (Wildman–Crippen MR) is 116 cm³/mol. The van der Waals surface area contributed by atoms with E-state index in [1.807, 2.05) is 46.1 Å². The molecule has 0 radical (unpaired) electrons. The Balaban J connectivity index is 0.00000243. The third kappa shape index (κ3) is 4.61. The maximum absolute atomic E-state index is 13.2. The standard InChI is InChI=1S/C17H19BrN4OS2.ClH/c1-10-15(24-11(2)19-10)16(23)22(8-7-21(3)4)17-20-13-6-5-12(18)9-14(13)25-17;/h5-6,9H,7-8H2,1-4H3;1H. The summed E-state index contributed by atoms with van der Waals surface area (Å²) in [6, 6.07) is 5.97. The number of benzene rings is 1. The zero-order valence-electron chi connectivity index (χ0n) is 14.9. The lowest BCUT2D eigenvalue weighted by Gasteiger charge is -2.21. The zero-order chi connectivity index (χ0) is 18.1. The van der Waals surface area contributed by atoms with E-state index in [0.29, 0.717) is 11.4 Å². The number of aryl methyl sites for hydroxylation is 2. The molecule has 0 fully saturated rings. The summed E-state index contributed by atoms with van der Waals surface area (Å²) >= 11 is 6.47. The van der Waals surface area contributed by atoms with Crippen molar-refractivity contribution < 1.29 is 4.79 Å². The molecule has 0 N–H and O–H groups in total. The van der Waals surface area contributed by atoms with Gasteiger partial charge in [-0.3, -0.25) is 9.69 Å². The van der Waals surface area contributed by atoms with E-state index in [1.165, 1.54) is 22.7 Å². The van der Waals surface area contributed by atoms with Crippen molar-refractivity contribution in [3.8, 4) is 0 Å². The minimum Gasteiger partial charge on any atom is -0.308 e. The van der Waals surface area contributed by atoms with Gasteiger partial charge < -0.3 is 4.90 Å². The minimum absolute atomic E-state index is 0. The monoisotopic (exact) mass is 474 g/mol. The van der Waals surface area contributed by atoms with Gasteiger partial charge in [0.2, 0.25) is 0 Å². The largest absolute Gasteiger partial charge is 0.308 e. The van der Waals surface area contributed by atoms with Crippen LogP contribution in [0.25, 0.3) is 10.2 Å². The molecule has 1 amide bonds. The quantitative estimate of drug-likeness (QED) is 0.534. The van der Waals surface area contributed by atoms with E-state index >= 15 is 0 Å². The van der Waals surface area contributed by atoms with Crippen molar-refractivity contribution in [2.75, 3.05) is 32.1 Å². The van der Waals surface area contributed by atoms with Gasteiger partial charge in [-0.2, -0.15) is 0 Å². The molecule has 0 unspecified atom stereocenters. The number of anilines is 1. The van der Waals surface area contributed by atoms with Gasteiger partial charge in [0, 0.05) is 17.6 Å². The number of hydrogen-bond acceptors (Lipinski definition) is 6. The first kappa shape index (κ1) is 21.2. The lowest BCUT2D eigenvalue weighted by molar-refractivity contribution is 0.0988. The number of fused-ring (bicyclic) bond motifs is 1. The second kappa shape index (κ2) is 8.75. The Kier molecular flexibility index (Phi) is 7.15. The Morgan fingerprint density at radius 2 is 1.88 bits per heavy atom. The van der Waals surface area contributed by atoms with Crippen molar-refractivity contribution >= 4 is 72.3 Å². The fraction of sp³-hybridized carbons (Fsp3) is 0.353. The van der Waals surface area contributed by atoms with E-state index in [0.717, 1.165) is 37.1 Å². The maximum atomic E-state index is 13.2. The van der Waals surface area contributed by atoms with Crippen LogP contribution < -0.4 is 4.90 Å². The van der Waals surface area contributed by atoms with Crippen LogP contribution in [0, 0.1) is 13.8 Å². The average molecular weight is 476 g/mol. The molecular weight excluding hydrogens is 456 g/mol. The minimum atomic E-state index is -0.0249. The molecule has 1 aromatic carbocycles. The van der Waals surface area contributed by atoms with Gasteiger partial charge in [0.25, 0.3) is 5.91 Å². The molecule has 2 aromatic heterocycles. The molecule has 9 heteroatoms. The van der Waals surface area contributed by atoms with Crippen LogP contribution in [0.15, 0.2) is 22.7 Å². The highest BCUT2D eigenvalue weighted by Crippen LogP contribution is 2.32. The number of carbonyl (C=O) groups is 1. The SMILES string of the molecule is Cc1nc(C)c(C(=O)N(CCN(C)C)c2nc3ccc(Br)cc3s2)s1.Cl. The number of hydrogen-bond donors (Lipinski definition) is 0. The smallest absolute Gasteiger partial charge is 0.272 e. The summed E-state index contributed by atoms with van der Waals surface area (Å²) < 4.78 is 2.07. The average Bonchev–Trinajstić information content (AvgIpc) is 3.09. The van der Waals surface area contributed by atoms with Crippen molar-refractivity contribution in [3.63, 3.8) is 0 Å². The van der Waals surface area contributed by atoms with Crippen LogP contribution in [-0.4, -0.2) is 48.0 Å². The van der Waals surface area contributed by atoms with Crippen LogP contribution in [0.5, 0.6) is 0 Å². The zero-order valence-corrected chi connectivity index (χ0v) is 19.0. The van der Waals surface area contributed by atoms with Crippen molar-refractivity contribution in [2.45, 2.75) is 13.8 Å². The summed E-state index contributed by atoms with van der Waals surface area (Å²) in [5, 5.41) is 1.63. The highest BCUT2D eigenvalue weighted by Gasteiger charge is 2.25. The molecule has 0 saturated heterocycles. The number of rotatable bonds is 5. The van der Waals surface area contributed by atoms with E-state index < -0.39 is 0 Å². The highest BCUT2D eigenvalue weighted by atomic mass is 79.9. The molecule has 26 heavy (non-hydrogen) atoms. The molecule has 5 nitrogen and oxygen atoms in total.